The number of anilines is 2. The summed E-state index contributed by atoms with van der Waals surface area (Å²) in [7, 11) is 1.84. The lowest BCUT2D eigenvalue weighted by atomic mass is 10.1. The summed E-state index contributed by atoms with van der Waals surface area (Å²) in [6.07, 6.45) is 0. The van der Waals surface area contributed by atoms with Crippen LogP contribution < -0.4 is 11.1 Å². The predicted molar refractivity (Wildman–Crippen MR) is 60.5 cm³/mol. The Morgan fingerprint density at radius 2 is 2.29 bits per heavy atom. The minimum Gasteiger partial charge on any atom is -0.389 e. The highest BCUT2D eigenvalue weighted by atomic mass is 32.1. The summed E-state index contributed by atoms with van der Waals surface area (Å²) in [6, 6.07) is 8.00. The van der Waals surface area contributed by atoms with E-state index in [2.05, 4.69) is 11.4 Å². The molecule has 4 heteroatoms. The smallest absolute Gasteiger partial charge is 0.105 e. The fourth-order valence-electron chi connectivity index (χ4n) is 1.49. The Hall–Kier alpha value is -1.73. The van der Waals surface area contributed by atoms with E-state index in [1.807, 2.05) is 25.2 Å². The molecule has 0 saturated carbocycles. The van der Waals surface area contributed by atoms with Crippen molar-refractivity contribution >= 4 is 32.1 Å². The lowest BCUT2D eigenvalue weighted by Crippen LogP contribution is -1.89. The molecule has 0 bridgehead atoms. The molecule has 70 valence electrons. The Morgan fingerprint density at radius 1 is 1.50 bits per heavy atom. The van der Waals surface area contributed by atoms with E-state index in [4.69, 9.17) is 11.0 Å². The monoisotopic (exact) mass is 203 g/mol. The van der Waals surface area contributed by atoms with Crippen LogP contribution in [0.5, 0.6) is 0 Å². The summed E-state index contributed by atoms with van der Waals surface area (Å²) in [5, 5.41) is 13.6. The van der Waals surface area contributed by atoms with Gasteiger partial charge in [0, 0.05) is 22.8 Å². The molecule has 0 fully saturated rings. The molecule has 0 atom stereocenters. The van der Waals surface area contributed by atoms with Gasteiger partial charge in [-0.25, -0.2) is 0 Å². The van der Waals surface area contributed by atoms with Crippen LogP contribution in [0.1, 0.15) is 5.56 Å². The van der Waals surface area contributed by atoms with E-state index in [-0.39, 0.29) is 0 Å². The second kappa shape index (κ2) is 3.20. The van der Waals surface area contributed by atoms with Crippen molar-refractivity contribution in [2.45, 2.75) is 0 Å². The normalized spacial score (nSPS) is 10.0. The number of nitrogens with two attached hydrogens (primary N) is 1. The number of hydrogen-bond acceptors (Lipinski definition) is 4. The third kappa shape index (κ3) is 1.10. The average Bonchev–Trinajstić information content (AvgIpc) is 2.52. The van der Waals surface area contributed by atoms with Gasteiger partial charge >= 0.3 is 0 Å². The molecule has 3 N–H and O–H groups in total. The first-order chi connectivity index (χ1) is 6.77. The van der Waals surface area contributed by atoms with E-state index in [9.17, 15) is 0 Å². The number of benzene rings is 1. The molecule has 2 rings (SSSR count). The molecule has 0 aliphatic carbocycles. The Labute approximate surface area is 85.8 Å². The summed E-state index contributed by atoms with van der Waals surface area (Å²) < 4.78 is 1.05. The molecule has 0 aliphatic heterocycles. The van der Waals surface area contributed by atoms with Crippen LogP contribution in [0, 0.1) is 11.3 Å². The third-order valence-electron chi connectivity index (χ3n) is 2.12. The SMILES string of the molecule is CNc1cccc2sc(N)c(C#N)c12. The third-order valence-corrected chi connectivity index (χ3v) is 3.11. The summed E-state index contributed by atoms with van der Waals surface area (Å²) in [4.78, 5) is 0. The van der Waals surface area contributed by atoms with Gasteiger partial charge in [-0.2, -0.15) is 5.26 Å². The van der Waals surface area contributed by atoms with Crippen molar-refractivity contribution in [1.82, 2.24) is 0 Å². The van der Waals surface area contributed by atoms with Gasteiger partial charge in [0.1, 0.15) is 11.1 Å². The van der Waals surface area contributed by atoms with Crippen molar-refractivity contribution in [2.75, 3.05) is 18.1 Å². The van der Waals surface area contributed by atoms with Crippen molar-refractivity contribution in [2.24, 2.45) is 0 Å². The summed E-state index contributed by atoms with van der Waals surface area (Å²) >= 11 is 1.45. The van der Waals surface area contributed by atoms with Gasteiger partial charge in [0.2, 0.25) is 0 Å². The molecule has 1 heterocycles. The second-order valence-electron chi connectivity index (χ2n) is 2.88. The molecule has 0 spiro atoms. The molecule has 1 aromatic heterocycles. The molecular formula is C10H9N3S. The van der Waals surface area contributed by atoms with Crippen molar-refractivity contribution in [1.29, 1.82) is 5.26 Å². The van der Waals surface area contributed by atoms with Gasteiger partial charge in [0.05, 0.1) is 5.56 Å². The zero-order valence-corrected chi connectivity index (χ0v) is 8.48. The van der Waals surface area contributed by atoms with Gasteiger partial charge < -0.3 is 11.1 Å². The first-order valence-corrected chi connectivity index (χ1v) is 4.98. The Balaban J connectivity index is 2.91. The quantitative estimate of drug-likeness (QED) is 0.748. The van der Waals surface area contributed by atoms with Crippen LogP contribution in [-0.4, -0.2) is 7.05 Å². The van der Waals surface area contributed by atoms with Gasteiger partial charge in [-0.1, -0.05) is 6.07 Å². The van der Waals surface area contributed by atoms with Crippen LogP contribution in [0.4, 0.5) is 10.7 Å². The maximum absolute atomic E-state index is 8.97. The number of fused-ring (bicyclic) bond motifs is 1. The zero-order chi connectivity index (χ0) is 10.1. The highest BCUT2D eigenvalue weighted by Gasteiger charge is 2.11. The van der Waals surface area contributed by atoms with Crippen molar-refractivity contribution in [3.8, 4) is 6.07 Å². The molecule has 0 radical (unpaired) electrons. The highest BCUT2D eigenvalue weighted by Crippen LogP contribution is 2.37. The van der Waals surface area contributed by atoms with E-state index in [0.717, 1.165) is 15.8 Å². The fraction of sp³-hybridized carbons (Fsp3) is 0.100. The maximum atomic E-state index is 8.97. The lowest BCUT2D eigenvalue weighted by molar-refractivity contribution is 1.51. The van der Waals surface area contributed by atoms with Crippen LogP contribution in [0.25, 0.3) is 10.1 Å². The minimum absolute atomic E-state index is 0.579. The van der Waals surface area contributed by atoms with Gasteiger partial charge in [-0.3, -0.25) is 0 Å². The largest absolute Gasteiger partial charge is 0.389 e. The van der Waals surface area contributed by atoms with Crippen LogP contribution in [0.3, 0.4) is 0 Å². The molecule has 2 aromatic rings. The molecule has 0 amide bonds. The van der Waals surface area contributed by atoms with Crippen LogP contribution >= 0.6 is 11.3 Å². The Kier molecular flexibility index (Phi) is 2.02. The van der Waals surface area contributed by atoms with E-state index in [1.54, 1.807) is 0 Å². The van der Waals surface area contributed by atoms with Gasteiger partial charge in [-0.15, -0.1) is 11.3 Å². The zero-order valence-electron chi connectivity index (χ0n) is 7.66. The summed E-state index contributed by atoms with van der Waals surface area (Å²) in [6.45, 7) is 0. The van der Waals surface area contributed by atoms with E-state index < -0.39 is 0 Å². The van der Waals surface area contributed by atoms with Gasteiger partial charge in [0.15, 0.2) is 0 Å². The molecule has 0 saturated heterocycles. The fourth-order valence-corrected chi connectivity index (χ4v) is 2.43. The van der Waals surface area contributed by atoms with Crippen molar-refractivity contribution in [3.63, 3.8) is 0 Å². The number of nitriles is 1. The number of nitrogen functional groups attached to an aromatic ring is 1. The number of nitrogens with zero attached hydrogens (tertiary/aromatic N) is 1. The Morgan fingerprint density at radius 3 is 2.93 bits per heavy atom. The minimum atomic E-state index is 0.579. The molecule has 3 nitrogen and oxygen atoms in total. The van der Waals surface area contributed by atoms with Crippen molar-refractivity contribution in [3.05, 3.63) is 23.8 Å². The van der Waals surface area contributed by atoms with Crippen LogP contribution in [-0.2, 0) is 0 Å². The number of nitrogens with one attached hydrogen (secondary N) is 1. The highest BCUT2D eigenvalue weighted by molar-refractivity contribution is 7.23. The van der Waals surface area contributed by atoms with Crippen molar-refractivity contribution < 1.29 is 0 Å². The van der Waals surface area contributed by atoms with Gasteiger partial charge in [-0.05, 0) is 12.1 Å². The van der Waals surface area contributed by atoms with Crippen LogP contribution in [0.2, 0.25) is 0 Å². The first kappa shape index (κ1) is 8.85. The number of thiophene rings is 1. The molecule has 1 aromatic carbocycles. The molecule has 0 aliphatic rings. The van der Waals surface area contributed by atoms with E-state index in [0.29, 0.717) is 10.6 Å². The summed E-state index contributed by atoms with van der Waals surface area (Å²) in [5.41, 5.74) is 7.29. The molecule has 0 unspecified atom stereocenters. The predicted octanol–water partition coefficient (Wildman–Crippen LogP) is 2.40. The lowest BCUT2D eigenvalue weighted by Gasteiger charge is -2.01. The Bertz CT molecular complexity index is 522. The number of hydrogen-bond donors (Lipinski definition) is 2. The first-order valence-electron chi connectivity index (χ1n) is 4.16. The number of rotatable bonds is 1. The maximum Gasteiger partial charge on any atom is 0.105 e. The molecule has 14 heavy (non-hydrogen) atoms. The summed E-state index contributed by atoms with van der Waals surface area (Å²) in [5.74, 6) is 0. The van der Waals surface area contributed by atoms with E-state index >= 15 is 0 Å². The molecular weight excluding hydrogens is 194 g/mol. The van der Waals surface area contributed by atoms with E-state index in [1.165, 1.54) is 11.3 Å². The topological polar surface area (TPSA) is 61.8 Å². The average molecular weight is 203 g/mol. The second-order valence-corrected chi connectivity index (χ2v) is 3.97. The standard InChI is InChI=1S/C10H9N3S/c1-13-7-3-2-4-8-9(7)6(5-11)10(12)14-8/h2-4,13H,12H2,1H3. The van der Waals surface area contributed by atoms with Crippen LogP contribution in [0.15, 0.2) is 18.2 Å². The van der Waals surface area contributed by atoms with Gasteiger partial charge in [0.25, 0.3) is 0 Å².